The monoisotopic (exact) mass is 213 g/mol. The minimum absolute atomic E-state index is 0.602. The molecule has 0 saturated carbocycles. The first-order valence-electron chi connectivity index (χ1n) is 5.35. The van der Waals surface area contributed by atoms with Crippen molar-refractivity contribution in [3.05, 3.63) is 12.4 Å². The van der Waals surface area contributed by atoms with Gasteiger partial charge in [-0.05, 0) is 19.4 Å². The van der Waals surface area contributed by atoms with Crippen LogP contribution in [0.1, 0.15) is 19.3 Å². The number of hydrogen-bond donors (Lipinski definition) is 3. The fraction of sp³-hybridized carbons (Fsp3) is 0.800. The van der Waals surface area contributed by atoms with Crippen LogP contribution in [0.25, 0.3) is 0 Å². The van der Waals surface area contributed by atoms with Gasteiger partial charge in [0.15, 0.2) is 0 Å². The summed E-state index contributed by atoms with van der Waals surface area (Å²) in [5.41, 5.74) is 5.49. The summed E-state index contributed by atoms with van der Waals surface area (Å²) in [4.78, 5) is 0. The van der Waals surface area contributed by atoms with Crippen LogP contribution < -0.4 is 16.4 Å². The maximum Gasteiger partial charge on any atom is 0.0918 e. The first-order valence-corrected chi connectivity index (χ1v) is 6.40. The van der Waals surface area contributed by atoms with Crippen LogP contribution in [0.15, 0.2) is 12.4 Å². The summed E-state index contributed by atoms with van der Waals surface area (Å²) in [5.74, 6) is 2.22. The molecular weight excluding hydrogens is 194 g/mol. The van der Waals surface area contributed by atoms with Crippen molar-refractivity contribution in [3.63, 3.8) is 0 Å². The van der Waals surface area contributed by atoms with E-state index in [1.165, 1.54) is 18.6 Å². The molecule has 3 atom stereocenters. The number of unbranched alkanes of at least 4 members (excludes halogenated alkanes) is 1. The van der Waals surface area contributed by atoms with Crippen LogP contribution in [-0.4, -0.2) is 29.6 Å². The Morgan fingerprint density at radius 1 is 1.43 bits per heavy atom. The van der Waals surface area contributed by atoms with E-state index < -0.39 is 0 Å². The molecule has 0 aromatic rings. The SMILES string of the molecule is C=C1N[C@H]2[C@H](CS[C@H]2CCCCN)N1. The molecule has 2 saturated heterocycles. The molecule has 2 aliphatic rings. The maximum absolute atomic E-state index is 5.49. The van der Waals surface area contributed by atoms with E-state index in [9.17, 15) is 0 Å². The lowest BCUT2D eigenvalue weighted by Gasteiger charge is -2.16. The molecule has 0 aromatic heterocycles. The Labute approximate surface area is 89.9 Å². The molecule has 2 rings (SSSR count). The minimum atomic E-state index is 0.602. The quantitative estimate of drug-likeness (QED) is 0.600. The van der Waals surface area contributed by atoms with Gasteiger partial charge in [-0.2, -0.15) is 11.8 Å². The van der Waals surface area contributed by atoms with E-state index in [4.69, 9.17) is 5.73 Å². The molecule has 0 spiro atoms. The summed E-state index contributed by atoms with van der Waals surface area (Å²) in [6, 6.07) is 1.21. The number of thioether (sulfide) groups is 1. The van der Waals surface area contributed by atoms with Crippen LogP contribution in [-0.2, 0) is 0 Å². The van der Waals surface area contributed by atoms with Gasteiger partial charge in [0.2, 0.25) is 0 Å². The summed E-state index contributed by atoms with van der Waals surface area (Å²) in [6.07, 6.45) is 3.69. The van der Waals surface area contributed by atoms with Crippen LogP contribution in [0.5, 0.6) is 0 Å². The average molecular weight is 213 g/mol. The third kappa shape index (κ3) is 2.01. The van der Waals surface area contributed by atoms with Crippen molar-refractivity contribution in [2.45, 2.75) is 36.6 Å². The lowest BCUT2D eigenvalue weighted by molar-refractivity contribution is 0.517. The Hall–Kier alpha value is -0.350. The van der Waals surface area contributed by atoms with Gasteiger partial charge in [0.25, 0.3) is 0 Å². The summed E-state index contributed by atoms with van der Waals surface area (Å²) in [5, 5.41) is 7.57. The molecule has 0 bridgehead atoms. The highest BCUT2D eigenvalue weighted by atomic mass is 32.2. The molecule has 0 aliphatic carbocycles. The van der Waals surface area contributed by atoms with Crippen LogP contribution in [0.2, 0.25) is 0 Å². The fourth-order valence-electron chi connectivity index (χ4n) is 2.24. The normalized spacial score (nSPS) is 35.2. The van der Waals surface area contributed by atoms with Crippen molar-refractivity contribution in [1.29, 1.82) is 0 Å². The van der Waals surface area contributed by atoms with E-state index >= 15 is 0 Å². The number of fused-ring (bicyclic) bond motifs is 1. The van der Waals surface area contributed by atoms with E-state index in [-0.39, 0.29) is 0 Å². The second-order valence-corrected chi connectivity index (χ2v) is 5.33. The average Bonchev–Trinajstić information content (AvgIpc) is 2.66. The Bertz CT molecular complexity index is 219. The lowest BCUT2D eigenvalue weighted by Crippen LogP contribution is -2.36. The molecular formula is C10H19N3S. The Morgan fingerprint density at radius 3 is 3.07 bits per heavy atom. The smallest absolute Gasteiger partial charge is 0.0918 e. The van der Waals surface area contributed by atoms with E-state index in [1.807, 2.05) is 0 Å². The van der Waals surface area contributed by atoms with Gasteiger partial charge in [0.05, 0.1) is 17.9 Å². The maximum atomic E-state index is 5.49. The molecule has 2 heterocycles. The highest BCUT2D eigenvalue weighted by molar-refractivity contribution is 8.00. The lowest BCUT2D eigenvalue weighted by atomic mass is 10.0. The topological polar surface area (TPSA) is 50.1 Å². The van der Waals surface area contributed by atoms with Gasteiger partial charge in [-0.15, -0.1) is 0 Å². The predicted molar refractivity (Wildman–Crippen MR) is 62.1 cm³/mol. The van der Waals surface area contributed by atoms with Crippen molar-refractivity contribution in [2.75, 3.05) is 12.3 Å². The van der Waals surface area contributed by atoms with Crippen LogP contribution >= 0.6 is 11.8 Å². The molecule has 3 nitrogen and oxygen atoms in total. The van der Waals surface area contributed by atoms with Gasteiger partial charge < -0.3 is 16.4 Å². The zero-order chi connectivity index (χ0) is 9.97. The molecule has 2 fully saturated rings. The van der Waals surface area contributed by atoms with E-state index in [0.717, 1.165) is 24.0 Å². The van der Waals surface area contributed by atoms with Crippen molar-refractivity contribution >= 4 is 11.8 Å². The predicted octanol–water partition coefficient (Wildman–Crippen LogP) is 0.632. The fourth-order valence-corrected chi connectivity index (χ4v) is 3.78. The van der Waals surface area contributed by atoms with Crippen molar-refractivity contribution in [2.24, 2.45) is 5.73 Å². The van der Waals surface area contributed by atoms with Crippen LogP contribution in [0.4, 0.5) is 0 Å². The first kappa shape index (κ1) is 10.2. The molecule has 14 heavy (non-hydrogen) atoms. The minimum Gasteiger partial charge on any atom is -0.367 e. The largest absolute Gasteiger partial charge is 0.367 e. The standard InChI is InChI=1S/C10H19N3S/c1-7-12-8-6-14-9(10(8)13-7)4-2-3-5-11/h8-10,12-13H,1-6,11H2/t8-,9-,10-/m0/s1. The van der Waals surface area contributed by atoms with Gasteiger partial charge in [0, 0.05) is 11.0 Å². The molecule has 0 unspecified atom stereocenters. The number of nitrogens with one attached hydrogen (secondary N) is 2. The van der Waals surface area contributed by atoms with Crippen LogP contribution in [0, 0.1) is 0 Å². The highest BCUT2D eigenvalue weighted by Gasteiger charge is 2.40. The zero-order valence-electron chi connectivity index (χ0n) is 8.46. The second-order valence-electron chi connectivity index (χ2n) is 4.06. The van der Waals surface area contributed by atoms with E-state index in [0.29, 0.717) is 12.1 Å². The highest BCUT2D eigenvalue weighted by Crippen LogP contribution is 2.33. The Kier molecular flexibility index (Phi) is 3.23. The summed E-state index contributed by atoms with van der Waals surface area (Å²) < 4.78 is 0. The zero-order valence-corrected chi connectivity index (χ0v) is 9.28. The van der Waals surface area contributed by atoms with Gasteiger partial charge in [-0.1, -0.05) is 13.0 Å². The summed E-state index contributed by atoms with van der Waals surface area (Å²) in [7, 11) is 0. The third-order valence-corrected chi connectivity index (χ3v) is 4.48. The third-order valence-electron chi connectivity index (χ3n) is 2.97. The van der Waals surface area contributed by atoms with Gasteiger partial charge in [-0.3, -0.25) is 0 Å². The Morgan fingerprint density at radius 2 is 2.29 bits per heavy atom. The van der Waals surface area contributed by atoms with Crippen molar-refractivity contribution in [3.8, 4) is 0 Å². The van der Waals surface area contributed by atoms with E-state index in [2.05, 4.69) is 29.0 Å². The molecule has 0 radical (unpaired) electrons. The molecule has 4 N–H and O–H groups in total. The number of hydrogen-bond acceptors (Lipinski definition) is 4. The molecule has 80 valence electrons. The van der Waals surface area contributed by atoms with Gasteiger partial charge in [0.1, 0.15) is 0 Å². The second kappa shape index (κ2) is 4.45. The molecule has 4 heteroatoms. The molecule has 0 aromatic carbocycles. The van der Waals surface area contributed by atoms with Crippen molar-refractivity contribution < 1.29 is 0 Å². The van der Waals surface area contributed by atoms with E-state index in [1.54, 1.807) is 0 Å². The number of rotatable bonds is 4. The molecule has 0 amide bonds. The summed E-state index contributed by atoms with van der Waals surface area (Å²) >= 11 is 2.08. The van der Waals surface area contributed by atoms with Crippen LogP contribution in [0.3, 0.4) is 0 Å². The van der Waals surface area contributed by atoms with Crippen molar-refractivity contribution in [1.82, 2.24) is 10.6 Å². The number of nitrogens with two attached hydrogens (primary N) is 1. The van der Waals surface area contributed by atoms with Gasteiger partial charge in [-0.25, -0.2) is 0 Å². The first-order chi connectivity index (χ1) is 6.81. The van der Waals surface area contributed by atoms with Gasteiger partial charge >= 0.3 is 0 Å². The Balaban J connectivity index is 1.80. The molecule has 2 aliphatic heterocycles. The summed E-state index contributed by atoms with van der Waals surface area (Å²) in [6.45, 7) is 4.74.